The van der Waals surface area contributed by atoms with Crippen LogP contribution in [0.15, 0.2) is 42.6 Å². The lowest BCUT2D eigenvalue weighted by Crippen LogP contribution is -2.01. The lowest BCUT2D eigenvalue weighted by Gasteiger charge is -2.04. The number of anilines is 1. The Kier molecular flexibility index (Phi) is 3.25. The quantitative estimate of drug-likeness (QED) is 0.790. The first kappa shape index (κ1) is 12.5. The van der Waals surface area contributed by atoms with Crippen LogP contribution in [0.4, 0.5) is 5.95 Å². The average Bonchev–Trinajstić information content (AvgIpc) is 2.90. The van der Waals surface area contributed by atoms with Gasteiger partial charge < -0.3 is 10.1 Å². The van der Waals surface area contributed by atoms with Crippen molar-refractivity contribution in [2.45, 2.75) is 13.5 Å². The van der Waals surface area contributed by atoms with Gasteiger partial charge in [0.15, 0.2) is 5.65 Å². The average molecular weight is 268 g/mol. The van der Waals surface area contributed by atoms with Crippen molar-refractivity contribution in [3.8, 4) is 5.75 Å². The number of aryl methyl sites for hydroxylation is 1. The number of nitrogens with one attached hydrogen (secondary N) is 1. The Labute approximate surface area is 117 Å². The molecule has 0 unspecified atom stereocenters. The minimum atomic E-state index is 0.627. The van der Waals surface area contributed by atoms with Gasteiger partial charge in [0, 0.05) is 12.7 Å². The highest BCUT2D eigenvalue weighted by Crippen LogP contribution is 2.14. The SMILES string of the molecule is COc1cccc(CNc2nc3c(C)cccn3n2)c1. The summed E-state index contributed by atoms with van der Waals surface area (Å²) >= 11 is 0. The Morgan fingerprint density at radius 3 is 2.95 bits per heavy atom. The van der Waals surface area contributed by atoms with Gasteiger partial charge in [0.25, 0.3) is 0 Å². The van der Waals surface area contributed by atoms with E-state index in [4.69, 9.17) is 4.74 Å². The van der Waals surface area contributed by atoms with Crippen LogP contribution in [0, 0.1) is 6.92 Å². The van der Waals surface area contributed by atoms with Gasteiger partial charge in [0.1, 0.15) is 5.75 Å². The smallest absolute Gasteiger partial charge is 0.243 e. The second kappa shape index (κ2) is 5.21. The second-order valence-electron chi connectivity index (χ2n) is 4.60. The van der Waals surface area contributed by atoms with Crippen LogP contribution in [0.2, 0.25) is 0 Å². The summed E-state index contributed by atoms with van der Waals surface area (Å²) in [4.78, 5) is 4.48. The van der Waals surface area contributed by atoms with Crippen LogP contribution in [0.5, 0.6) is 5.75 Å². The van der Waals surface area contributed by atoms with Gasteiger partial charge in [-0.3, -0.25) is 0 Å². The van der Waals surface area contributed by atoms with Crippen molar-refractivity contribution in [2.24, 2.45) is 0 Å². The third kappa shape index (κ3) is 2.42. The number of fused-ring (bicyclic) bond motifs is 1. The molecule has 0 saturated carbocycles. The first-order valence-electron chi connectivity index (χ1n) is 6.45. The molecule has 3 rings (SSSR count). The monoisotopic (exact) mass is 268 g/mol. The molecule has 0 aliphatic heterocycles. The molecule has 0 radical (unpaired) electrons. The molecule has 2 heterocycles. The summed E-state index contributed by atoms with van der Waals surface area (Å²) < 4.78 is 6.99. The lowest BCUT2D eigenvalue weighted by atomic mass is 10.2. The summed E-state index contributed by atoms with van der Waals surface area (Å²) in [5, 5.41) is 7.62. The van der Waals surface area contributed by atoms with Crippen LogP contribution in [-0.2, 0) is 6.54 Å². The predicted molar refractivity (Wildman–Crippen MR) is 78.0 cm³/mol. The molecule has 102 valence electrons. The molecule has 0 spiro atoms. The Balaban J connectivity index is 1.78. The van der Waals surface area contributed by atoms with E-state index in [-0.39, 0.29) is 0 Å². The molecular formula is C15H16N4O. The van der Waals surface area contributed by atoms with Crippen molar-refractivity contribution in [1.29, 1.82) is 0 Å². The van der Waals surface area contributed by atoms with Gasteiger partial charge in [-0.25, -0.2) is 4.52 Å². The summed E-state index contributed by atoms with van der Waals surface area (Å²) in [5.74, 6) is 1.48. The summed E-state index contributed by atoms with van der Waals surface area (Å²) in [6.45, 7) is 2.68. The van der Waals surface area contributed by atoms with Crippen molar-refractivity contribution in [2.75, 3.05) is 12.4 Å². The Bertz CT molecular complexity index is 736. The van der Waals surface area contributed by atoms with E-state index >= 15 is 0 Å². The fraction of sp³-hybridized carbons (Fsp3) is 0.200. The molecular weight excluding hydrogens is 252 g/mol. The third-order valence-electron chi connectivity index (χ3n) is 3.14. The molecule has 3 aromatic rings. The maximum absolute atomic E-state index is 5.21. The molecule has 2 aromatic heterocycles. The van der Waals surface area contributed by atoms with E-state index in [0.717, 1.165) is 22.5 Å². The highest BCUT2D eigenvalue weighted by atomic mass is 16.5. The van der Waals surface area contributed by atoms with E-state index in [1.54, 1.807) is 11.6 Å². The summed E-state index contributed by atoms with van der Waals surface area (Å²) in [6.07, 6.45) is 1.89. The molecule has 1 aromatic carbocycles. The van der Waals surface area contributed by atoms with E-state index in [2.05, 4.69) is 15.4 Å². The predicted octanol–water partition coefficient (Wildman–Crippen LogP) is 2.66. The lowest BCUT2D eigenvalue weighted by molar-refractivity contribution is 0.414. The number of hydrogen-bond donors (Lipinski definition) is 1. The standard InChI is InChI=1S/C15H16N4O/c1-11-5-4-8-19-14(11)17-15(18-19)16-10-12-6-3-7-13(9-12)20-2/h3-9H,10H2,1-2H3,(H,16,18). The maximum Gasteiger partial charge on any atom is 0.243 e. The summed E-state index contributed by atoms with van der Waals surface area (Å²) in [5.41, 5.74) is 3.11. The summed E-state index contributed by atoms with van der Waals surface area (Å²) in [6, 6.07) is 11.9. The molecule has 0 aliphatic rings. The molecule has 20 heavy (non-hydrogen) atoms. The van der Waals surface area contributed by atoms with Crippen LogP contribution in [0.25, 0.3) is 5.65 Å². The molecule has 5 nitrogen and oxygen atoms in total. The highest BCUT2D eigenvalue weighted by molar-refractivity contribution is 5.49. The summed E-state index contributed by atoms with van der Waals surface area (Å²) in [7, 11) is 1.67. The Morgan fingerprint density at radius 2 is 2.15 bits per heavy atom. The van der Waals surface area contributed by atoms with E-state index in [1.807, 2.05) is 49.5 Å². The van der Waals surface area contributed by atoms with Gasteiger partial charge in [-0.15, -0.1) is 5.10 Å². The topological polar surface area (TPSA) is 51.5 Å². The molecule has 0 atom stereocenters. The molecule has 0 amide bonds. The fourth-order valence-corrected chi connectivity index (χ4v) is 2.08. The molecule has 0 aliphatic carbocycles. The van der Waals surface area contributed by atoms with Crippen LogP contribution in [-0.4, -0.2) is 21.7 Å². The first-order chi connectivity index (χ1) is 9.76. The van der Waals surface area contributed by atoms with Crippen molar-refractivity contribution in [1.82, 2.24) is 14.6 Å². The van der Waals surface area contributed by atoms with Gasteiger partial charge >= 0.3 is 0 Å². The normalized spacial score (nSPS) is 10.7. The zero-order valence-corrected chi connectivity index (χ0v) is 11.5. The number of rotatable bonds is 4. The molecule has 0 bridgehead atoms. The fourth-order valence-electron chi connectivity index (χ4n) is 2.08. The van der Waals surface area contributed by atoms with Crippen LogP contribution in [0.1, 0.15) is 11.1 Å². The van der Waals surface area contributed by atoms with Gasteiger partial charge in [-0.2, -0.15) is 4.98 Å². The minimum Gasteiger partial charge on any atom is -0.497 e. The largest absolute Gasteiger partial charge is 0.497 e. The van der Waals surface area contributed by atoms with Crippen LogP contribution >= 0.6 is 0 Å². The van der Waals surface area contributed by atoms with Crippen molar-refractivity contribution < 1.29 is 4.74 Å². The number of ether oxygens (including phenoxy) is 1. The van der Waals surface area contributed by atoms with Crippen molar-refractivity contribution >= 4 is 11.6 Å². The highest BCUT2D eigenvalue weighted by Gasteiger charge is 2.05. The second-order valence-corrected chi connectivity index (χ2v) is 4.60. The maximum atomic E-state index is 5.21. The third-order valence-corrected chi connectivity index (χ3v) is 3.14. The number of methoxy groups -OCH3 is 1. The number of benzene rings is 1. The zero-order valence-electron chi connectivity index (χ0n) is 11.5. The Hall–Kier alpha value is -2.56. The van der Waals surface area contributed by atoms with E-state index in [9.17, 15) is 0 Å². The van der Waals surface area contributed by atoms with E-state index in [0.29, 0.717) is 12.5 Å². The number of nitrogens with zero attached hydrogens (tertiary/aromatic N) is 3. The van der Waals surface area contributed by atoms with Crippen molar-refractivity contribution in [3.63, 3.8) is 0 Å². The van der Waals surface area contributed by atoms with Gasteiger partial charge in [0.05, 0.1) is 7.11 Å². The molecule has 1 N–H and O–H groups in total. The Morgan fingerprint density at radius 1 is 1.25 bits per heavy atom. The van der Waals surface area contributed by atoms with E-state index < -0.39 is 0 Å². The van der Waals surface area contributed by atoms with Crippen molar-refractivity contribution in [3.05, 3.63) is 53.7 Å². The van der Waals surface area contributed by atoms with Crippen LogP contribution in [0.3, 0.4) is 0 Å². The number of hydrogen-bond acceptors (Lipinski definition) is 4. The van der Waals surface area contributed by atoms with Crippen LogP contribution < -0.4 is 10.1 Å². The number of aromatic nitrogens is 3. The molecule has 0 fully saturated rings. The van der Waals surface area contributed by atoms with Gasteiger partial charge in [-0.1, -0.05) is 18.2 Å². The molecule has 0 saturated heterocycles. The van der Waals surface area contributed by atoms with Gasteiger partial charge in [-0.05, 0) is 36.2 Å². The minimum absolute atomic E-state index is 0.627. The first-order valence-corrected chi connectivity index (χ1v) is 6.45. The van der Waals surface area contributed by atoms with E-state index in [1.165, 1.54) is 0 Å². The number of pyridine rings is 1. The molecule has 5 heteroatoms. The van der Waals surface area contributed by atoms with Gasteiger partial charge in [0.2, 0.25) is 5.95 Å². The zero-order chi connectivity index (χ0) is 13.9.